The van der Waals surface area contributed by atoms with E-state index in [1.165, 1.54) is 11.9 Å². The van der Waals surface area contributed by atoms with Crippen molar-refractivity contribution in [1.29, 1.82) is 0 Å². The van der Waals surface area contributed by atoms with E-state index in [0.717, 1.165) is 11.3 Å². The first-order valence-electron chi connectivity index (χ1n) is 8.44. The molecule has 1 unspecified atom stereocenters. The highest BCUT2D eigenvalue weighted by Gasteiger charge is 2.40. The second kappa shape index (κ2) is 7.23. The van der Waals surface area contributed by atoms with Gasteiger partial charge in [-0.15, -0.1) is 0 Å². The number of hydrogen-bond acceptors (Lipinski definition) is 5. The number of amides is 3. The number of imide groups is 1. The molecule has 1 atom stereocenters. The second-order valence-corrected chi connectivity index (χ2v) is 6.45. The standard InChI is InChI=1S/C18H23N3O4/c1-19-16(22)12-15(18(19)24)20-7-9-21(10-8-20)17(23)11-13-3-5-14(25-2)6-4-13/h3-6,15H,7-12H2,1-2H3. The molecule has 2 aliphatic rings. The number of rotatable bonds is 4. The largest absolute Gasteiger partial charge is 0.497 e. The Hall–Kier alpha value is -2.41. The molecule has 0 spiro atoms. The summed E-state index contributed by atoms with van der Waals surface area (Å²) in [5.41, 5.74) is 0.950. The molecule has 3 rings (SSSR count). The molecule has 0 N–H and O–H groups in total. The van der Waals surface area contributed by atoms with Gasteiger partial charge < -0.3 is 9.64 Å². The first kappa shape index (κ1) is 17.4. The van der Waals surface area contributed by atoms with Gasteiger partial charge in [0.05, 0.1) is 26.0 Å². The predicted molar refractivity (Wildman–Crippen MR) is 91.0 cm³/mol. The fourth-order valence-electron chi connectivity index (χ4n) is 3.33. The summed E-state index contributed by atoms with van der Waals surface area (Å²) in [6, 6.07) is 7.12. The number of hydrogen-bond donors (Lipinski definition) is 0. The SMILES string of the molecule is COc1ccc(CC(=O)N2CCN(C3CC(=O)N(C)C3=O)CC2)cc1. The lowest BCUT2D eigenvalue weighted by Crippen LogP contribution is -2.53. The number of benzene rings is 1. The number of likely N-dealkylation sites (tertiary alicyclic amines) is 1. The minimum absolute atomic E-state index is 0.0794. The fraction of sp³-hybridized carbons (Fsp3) is 0.500. The summed E-state index contributed by atoms with van der Waals surface area (Å²) in [5, 5.41) is 0. The third-order valence-electron chi connectivity index (χ3n) is 4.98. The average Bonchev–Trinajstić information content (AvgIpc) is 2.90. The molecule has 0 radical (unpaired) electrons. The van der Waals surface area contributed by atoms with Crippen LogP contribution in [0.4, 0.5) is 0 Å². The van der Waals surface area contributed by atoms with Gasteiger partial charge >= 0.3 is 0 Å². The first-order chi connectivity index (χ1) is 12.0. The van der Waals surface area contributed by atoms with Gasteiger partial charge in [0.2, 0.25) is 17.7 Å². The number of ether oxygens (including phenoxy) is 1. The highest BCUT2D eigenvalue weighted by atomic mass is 16.5. The molecule has 134 valence electrons. The Balaban J connectivity index is 1.52. The van der Waals surface area contributed by atoms with Crippen molar-refractivity contribution in [2.24, 2.45) is 0 Å². The smallest absolute Gasteiger partial charge is 0.246 e. The van der Waals surface area contributed by atoms with Crippen molar-refractivity contribution in [3.8, 4) is 5.75 Å². The summed E-state index contributed by atoms with van der Waals surface area (Å²) < 4.78 is 5.12. The lowest BCUT2D eigenvalue weighted by atomic mass is 10.1. The van der Waals surface area contributed by atoms with Crippen LogP contribution in [-0.4, -0.2) is 78.8 Å². The molecule has 0 bridgehead atoms. The maximum atomic E-state index is 12.5. The van der Waals surface area contributed by atoms with Gasteiger partial charge in [0.15, 0.2) is 0 Å². The van der Waals surface area contributed by atoms with Gasteiger partial charge in [-0.3, -0.25) is 24.2 Å². The topological polar surface area (TPSA) is 70.2 Å². The van der Waals surface area contributed by atoms with Crippen LogP contribution in [0.5, 0.6) is 5.75 Å². The Kier molecular flexibility index (Phi) is 5.03. The number of likely N-dealkylation sites (N-methyl/N-ethyl adjacent to an activating group) is 1. The third-order valence-corrected chi connectivity index (χ3v) is 4.98. The Bertz CT molecular complexity index is 665. The summed E-state index contributed by atoms with van der Waals surface area (Å²) in [6.45, 7) is 2.39. The van der Waals surface area contributed by atoms with Gasteiger partial charge in [-0.2, -0.15) is 0 Å². The van der Waals surface area contributed by atoms with Crippen molar-refractivity contribution >= 4 is 17.7 Å². The van der Waals surface area contributed by atoms with Crippen LogP contribution in [0.15, 0.2) is 24.3 Å². The molecule has 3 amide bonds. The van der Waals surface area contributed by atoms with Crippen LogP contribution in [0, 0.1) is 0 Å². The van der Waals surface area contributed by atoms with E-state index in [9.17, 15) is 14.4 Å². The third kappa shape index (κ3) is 3.66. The fourth-order valence-corrected chi connectivity index (χ4v) is 3.33. The molecule has 1 aromatic rings. The maximum absolute atomic E-state index is 12.5. The van der Waals surface area contributed by atoms with Crippen molar-refractivity contribution < 1.29 is 19.1 Å². The molecule has 2 saturated heterocycles. The quantitative estimate of drug-likeness (QED) is 0.726. The molecule has 0 aromatic heterocycles. The molecule has 1 aromatic carbocycles. The zero-order chi connectivity index (χ0) is 18.0. The molecule has 7 nitrogen and oxygen atoms in total. The van der Waals surface area contributed by atoms with Gasteiger partial charge in [-0.25, -0.2) is 0 Å². The lowest BCUT2D eigenvalue weighted by molar-refractivity contribution is -0.138. The average molecular weight is 345 g/mol. The summed E-state index contributed by atoms with van der Waals surface area (Å²) in [7, 11) is 3.14. The van der Waals surface area contributed by atoms with E-state index >= 15 is 0 Å². The van der Waals surface area contributed by atoms with Crippen LogP contribution < -0.4 is 4.74 Å². The first-order valence-corrected chi connectivity index (χ1v) is 8.44. The van der Waals surface area contributed by atoms with E-state index in [-0.39, 0.29) is 30.2 Å². The number of nitrogens with zero attached hydrogens (tertiary/aromatic N) is 3. The van der Waals surface area contributed by atoms with E-state index in [4.69, 9.17) is 4.74 Å². The van der Waals surface area contributed by atoms with Gasteiger partial charge in [0.25, 0.3) is 0 Å². The summed E-state index contributed by atoms with van der Waals surface area (Å²) in [5.74, 6) is 0.581. The van der Waals surface area contributed by atoms with E-state index in [2.05, 4.69) is 0 Å². The Labute approximate surface area is 147 Å². The molecule has 2 aliphatic heterocycles. The molecule has 0 saturated carbocycles. The van der Waals surface area contributed by atoms with Gasteiger partial charge in [-0.05, 0) is 17.7 Å². The molecular weight excluding hydrogens is 322 g/mol. The molecule has 2 heterocycles. The van der Waals surface area contributed by atoms with E-state index < -0.39 is 0 Å². The normalized spacial score (nSPS) is 21.8. The van der Waals surface area contributed by atoms with Crippen molar-refractivity contribution in [2.45, 2.75) is 18.9 Å². The number of carbonyl (C=O) groups is 3. The molecular formula is C18H23N3O4. The van der Waals surface area contributed by atoms with Crippen molar-refractivity contribution in [2.75, 3.05) is 40.3 Å². The van der Waals surface area contributed by atoms with Crippen LogP contribution >= 0.6 is 0 Å². The number of carbonyl (C=O) groups excluding carboxylic acids is 3. The van der Waals surface area contributed by atoms with Crippen molar-refractivity contribution in [3.05, 3.63) is 29.8 Å². The minimum atomic E-state index is -0.364. The lowest BCUT2D eigenvalue weighted by Gasteiger charge is -2.37. The second-order valence-electron chi connectivity index (χ2n) is 6.45. The predicted octanol–water partition coefficient (Wildman–Crippen LogP) is 0.139. The van der Waals surface area contributed by atoms with Crippen LogP contribution in [0.3, 0.4) is 0 Å². The van der Waals surface area contributed by atoms with Gasteiger partial charge in [0, 0.05) is 33.2 Å². The molecule has 7 heteroatoms. The van der Waals surface area contributed by atoms with Crippen molar-refractivity contribution in [3.63, 3.8) is 0 Å². The van der Waals surface area contributed by atoms with Crippen LogP contribution in [0.25, 0.3) is 0 Å². The maximum Gasteiger partial charge on any atom is 0.246 e. The molecule has 2 fully saturated rings. The van der Waals surface area contributed by atoms with Gasteiger partial charge in [0.1, 0.15) is 5.75 Å². The minimum Gasteiger partial charge on any atom is -0.497 e. The van der Waals surface area contributed by atoms with E-state index in [1.54, 1.807) is 7.11 Å². The Morgan fingerprint density at radius 1 is 1.12 bits per heavy atom. The monoisotopic (exact) mass is 345 g/mol. The van der Waals surface area contributed by atoms with Crippen molar-refractivity contribution in [1.82, 2.24) is 14.7 Å². The summed E-state index contributed by atoms with van der Waals surface area (Å²) >= 11 is 0. The molecule has 0 aliphatic carbocycles. The Morgan fingerprint density at radius 3 is 2.28 bits per heavy atom. The molecule has 25 heavy (non-hydrogen) atoms. The zero-order valence-corrected chi connectivity index (χ0v) is 14.6. The van der Waals surface area contributed by atoms with Crippen LogP contribution in [0.1, 0.15) is 12.0 Å². The van der Waals surface area contributed by atoms with E-state index in [0.29, 0.717) is 32.6 Å². The van der Waals surface area contributed by atoms with Crippen LogP contribution in [-0.2, 0) is 20.8 Å². The van der Waals surface area contributed by atoms with Crippen LogP contribution in [0.2, 0.25) is 0 Å². The van der Waals surface area contributed by atoms with Gasteiger partial charge in [-0.1, -0.05) is 12.1 Å². The summed E-state index contributed by atoms with van der Waals surface area (Å²) in [6.07, 6.45) is 0.600. The highest BCUT2D eigenvalue weighted by molar-refractivity contribution is 6.05. The highest BCUT2D eigenvalue weighted by Crippen LogP contribution is 2.19. The Morgan fingerprint density at radius 2 is 1.76 bits per heavy atom. The zero-order valence-electron chi connectivity index (χ0n) is 14.6. The number of piperazine rings is 1. The number of methoxy groups -OCH3 is 1. The van der Waals surface area contributed by atoms with E-state index in [1.807, 2.05) is 34.1 Å². The summed E-state index contributed by atoms with van der Waals surface area (Å²) in [4.78, 5) is 41.3.